The molecular weight excluding hydrogens is 805 g/mol. The third-order valence-corrected chi connectivity index (χ3v) is 23.1. The molecule has 12 aliphatic rings. The van der Waals surface area contributed by atoms with Gasteiger partial charge < -0.3 is 39.4 Å². The van der Waals surface area contributed by atoms with E-state index in [2.05, 4.69) is 60.6 Å². The zero-order chi connectivity index (χ0) is 44.7. The van der Waals surface area contributed by atoms with Gasteiger partial charge in [-0.15, -0.1) is 0 Å². The Balaban J connectivity index is 0.766. The summed E-state index contributed by atoms with van der Waals surface area (Å²) in [6.07, 6.45) is 15.6. The van der Waals surface area contributed by atoms with Gasteiger partial charge in [-0.3, -0.25) is 9.97 Å². The topological polar surface area (TPSA) is 144 Å². The Morgan fingerprint density at radius 2 is 1.25 bits per heavy atom. The smallest absolute Gasteiger partial charge is 0.174 e. The van der Waals surface area contributed by atoms with Crippen LogP contribution in [0.3, 0.4) is 0 Å². The van der Waals surface area contributed by atoms with E-state index in [1.165, 1.54) is 40.3 Å². The predicted molar refractivity (Wildman–Crippen MR) is 238 cm³/mol. The lowest BCUT2D eigenvalue weighted by Gasteiger charge is -2.61. The zero-order valence-electron chi connectivity index (χ0n) is 40.1. The van der Waals surface area contributed by atoms with Crippen LogP contribution in [0.25, 0.3) is 0 Å². The van der Waals surface area contributed by atoms with Crippen LogP contribution in [0.2, 0.25) is 0 Å². The highest BCUT2D eigenvalue weighted by Crippen LogP contribution is 2.72. The number of hydrogen-bond donors (Lipinski definition) is 4. The number of nitrogens with zero attached hydrogens (tertiary/aromatic N) is 2. The lowest BCUT2D eigenvalue weighted by atomic mass is 9.44. The summed E-state index contributed by atoms with van der Waals surface area (Å²) in [6, 6.07) is 0. The van der Waals surface area contributed by atoms with E-state index in [9.17, 15) is 20.4 Å². The lowest BCUT2D eigenvalue weighted by Crippen LogP contribution is -2.64. The van der Waals surface area contributed by atoms with Crippen molar-refractivity contribution in [2.45, 2.75) is 205 Å². The first-order chi connectivity index (χ1) is 30.0. The standard InChI is InChI=1S/C54H76N2O8/c1-27-45-41(62-52(27)16-14-46(3,4)64-52)20-35-31-12-10-29-18-37-39(24-48(29,6)33(31)21-42(57)50(35,45)8)55-38-19-30-11-13-32-34(49(30,7)25-40(38)56-37)22-43(58)51(9)36(32)23-44-54(51,60)28(2)53(63-44)17-15-47(5,59)26-61-53/h20,23,27-34,41-45,57-60H,10-19,21-22,24-26H2,1-9H3/t27-,28?,29?,30?,31?,32?,33?,34?,41?,42+,43+,44?,45?,47-,48-,49-,50+,51+,52?,53+,54?/m0/s1. The first kappa shape index (κ1) is 42.4. The van der Waals surface area contributed by atoms with Crippen LogP contribution in [0.4, 0.5) is 0 Å². The fourth-order valence-electron chi connectivity index (χ4n) is 19.2. The molecule has 21 atom stereocenters. The minimum Gasteiger partial charge on any atom is -0.392 e. The van der Waals surface area contributed by atoms with E-state index in [0.717, 1.165) is 64.2 Å². The zero-order valence-corrected chi connectivity index (χ0v) is 40.1. The summed E-state index contributed by atoms with van der Waals surface area (Å²) in [5.41, 5.74) is 3.89. The highest BCUT2D eigenvalue weighted by molar-refractivity contribution is 5.43. The van der Waals surface area contributed by atoms with Crippen molar-refractivity contribution >= 4 is 0 Å². The number of fused-ring (bicyclic) bond motifs is 16. The molecule has 1 aromatic rings. The Bertz CT molecular complexity index is 2260. The SMILES string of the molecule is CC1C2(O)C(C=C3C4CCC5Cc6nc7c(nc6C[C@]5(C)C4C[C@@H](O)[C@@]32C)CC2CCC3C4=CC5OC6(CCC(C)(C)O6)[C@@H](C)C5[C@@]4(C)[C@H](O)CC3[C@@]2(C)C7)O[C@]12CC[C@](C)(O)CO2. The van der Waals surface area contributed by atoms with Crippen LogP contribution in [0, 0.1) is 74.9 Å². The van der Waals surface area contributed by atoms with Crippen molar-refractivity contribution in [2.24, 2.45) is 74.9 Å². The minimum absolute atomic E-state index is 0.00239. The first-order valence-corrected chi connectivity index (χ1v) is 25.8. The summed E-state index contributed by atoms with van der Waals surface area (Å²) in [5.74, 6) is 0.890. The molecule has 64 heavy (non-hydrogen) atoms. The van der Waals surface area contributed by atoms with Crippen molar-refractivity contribution in [1.82, 2.24) is 9.97 Å². The molecule has 10 heteroatoms. The molecule has 0 amide bonds. The van der Waals surface area contributed by atoms with Crippen LogP contribution in [0.1, 0.15) is 149 Å². The molecule has 0 aromatic carbocycles. The maximum Gasteiger partial charge on any atom is 0.174 e. The van der Waals surface area contributed by atoms with Crippen molar-refractivity contribution in [2.75, 3.05) is 6.61 Å². The Morgan fingerprint density at radius 1 is 0.656 bits per heavy atom. The van der Waals surface area contributed by atoms with Crippen molar-refractivity contribution < 1.29 is 39.4 Å². The largest absolute Gasteiger partial charge is 0.392 e. The third kappa shape index (κ3) is 4.97. The van der Waals surface area contributed by atoms with Crippen molar-refractivity contribution in [1.29, 1.82) is 0 Å². The molecule has 12 unspecified atom stereocenters. The molecule has 8 aliphatic carbocycles. The van der Waals surface area contributed by atoms with Crippen molar-refractivity contribution in [3.63, 3.8) is 0 Å². The molecule has 0 radical (unpaired) electrons. The molecule has 4 saturated carbocycles. The van der Waals surface area contributed by atoms with Crippen LogP contribution in [-0.4, -0.2) is 89.8 Å². The van der Waals surface area contributed by atoms with Gasteiger partial charge in [0.15, 0.2) is 11.6 Å². The van der Waals surface area contributed by atoms with Gasteiger partial charge in [-0.25, -0.2) is 0 Å². The van der Waals surface area contributed by atoms with Gasteiger partial charge in [0.2, 0.25) is 0 Å². The van der Waals surface area contributed by atoms with Crippen LogP contribution in [0.5, 0.6) is 0 Å². The molecule has 1 aromatic heterocycles. The molecule has 350 valence electrons. The Hall–Kier alpha value is -1.76. The third-order valence-electron chi connectivity index (χ3n) is 23.1. The monoisotopic (exact) mass is 881 g/mol. The molecule has 13 rings (SSSR count). The summed E-state index contributed by atoms with van der Waals surface area (Å²) in [5, 5.41) is 48.5. The normalized spacial score (nSPS) is 58.2. The molecule has 4 saturated heterocycles. The number of aliphatic hydroxyl groups is 4. The van der Waals surface area contributed by atoms with Crippen LogP contribution in [-0.2, 0) is 44.6 Å². The van der Waals surface area contributed by atoms with Gasteiger partial charge in [-0.1, -0.05) is 64.8 Å². The van der Waals surface area contributed by atoms with Crippen molar-refractivity contribution in [3.05, 3.63) is 46.1 Å². The van der Waals surface area contributed by atoms with Gasteiger partial charge >= 0.3 is 0 Å². The fraction of sp³-hybridized carbons (Fsp3) is 0.852. The Labute approximate surface area is 380 Å². The van der Waals surface area contributed by atoms with Crippen LogP contribution >= 0.6 is 0 Å². The summed E-state index contributed by atoms with van der Waals surface area (Å²) >= 11 is 0. The van der Waals surface area contributed by atoms with E-state index in [1.807, 2.05) is 6.92 Å². The minimum atomic E-state index is -1.30. The second kappa shape index (κ2) is 12.7. The average molecular weight is 881 g/mol. The van der Waals surface area contributed by atoms with E-state index in [1.54, 1.807) is 6.92 Å². The van der Waals surface area contributed by atoms with Crippen LogP contribution in [0.15, 0.2) is 23.3 Å². The lowest BCUT2D eigenvalue weighted by molar-refractivity contribution is -0.289. The van der Waals surface area contributed by atoms with Gasteiger partial charge in [0.25, 0.3) is 0 Å². The maximum absolute atomic E-state index is 12.9. The number of rotatable bonds is 0. The summed E-state index contributed by atoms with van der Waals surface area (Å²) in [6.45, 7) is 20.2. The summed E-state index contributed by atoms with van der Waals surface area (Å²) < 4.78 is 26.8. The maximum atomic E-state index is 12.9. The number of aliphatic hydroxyl groups excluding tert-OH is 2. The Morgan fingerprint density at radius 3 is 1.83 bits per heavy atom. The van der Waals surface area contributed by atoms with E-state index < -0.39 is 46.5 Å². The van der Waals surface area contributed by atoms with Gasteiger partial charge in [0.1, 0.15) is 11.7 Å². The summed E-state index contributed by atoms with van der Waals surface area (Å²) in [7, 11) is 0. The second-order valence-corrected chi connectivity index (χ2v) is 26.2. The quantitative estimate of drug-likeness (QED) is 0.196. The molecule has 0 bridgehead atoms. The average Bonchev–Trinajstić information content (AvgIpc) is 3.93. The summed E-state index contributed by atoms with van der Waals surface area (Å²) in [4.78, 5) is 11.3. The fourth-order valence-corrected chi connectivity index (χ4v) is 19.2. The van der Waals surface area contributed by atoms with E-state index >= 15 is 0 Å². The molecule has 2 spiro atoms. The highest BCUT2D eigenvalue weighted by Gasteiger charge is 2.77. The molecular formula is C54H76N2O8. The van der Waals surface area contributed by atoms with E-state index in [-0.39, 0.29) is 64.1 Å². The number of aromatic nitrogens is 2. The van der Waals surface area contributed by atoms with Gasteiger partial charge in [0, 0.05) is 41.4 Å². The van der Waals surface area contributed by atoms with E-state index in [4.69, 9.17) is 28.9 Å². The second-order valence-electron chi connectivity index (χ2n) is 26.2. The first-order valence-electron chi connectivity index (χ1n) is 25.8. The highest BCUT2D eigenvalue weighted by atomic mass is 16.7. The molecule has 10 nitrogen and oxygen atoms in total. The number of ether oxygens (including phenoxy) is 4. The molecule has 4 aliphatic heterocycles. The van der Waals surface area contributed by atoms with Crippen LogP contribution < -0.4 is 0 Å². The Kier molecular flexibility index (Phi) is 8.41. The van der Waals surface area contributed by atoms with Gasteiger partial charge in [-0.05, 0) is 144 Å². The van der Waals surface area contributed by atoms with Gasteiger partial charge in [-0.2, -0.15) is 0 Å². The van der Waals surface area contributed by atoms with E-state index in [0.29, 0.717) is 42.9 Å². The van der Waals surface area contributed by atoms with Crippen molar-refractivity contribution in [3.8, 4) is 0 Å². The molecule has 5 heterocycles. The molecule has 8 fully saturated rings. The van der Waals surface area contributed by atoms with Gasteiger partial charge in [0.05, 0.1) is 58.9 Å². The molecule has 4 N–H and O–H groups in total. The number of hydrogen-bond acceptors (Lipinski definition) is 10. The predicted octanol–water partition coefficient (Wildman–Crippen LogP) is 7.35.